The van der Waals surface area contributed by atoms with Gasteiger partial charge in [-0.3, -0.25) is 4.79 Å². The van der Waals surface area contributed by atoms with Crippen LogP contribution in [0, 0.1) is 11.6 Å². The molecular weight excluding hydrogens is 462 g/mol. The minimum absolute atomic E-state index is 0.0702. The zero-order chi connectivity index (χ0) is 24.0. The number of carbonyl (C=O) groups is 2. The lowest BCUT2D eigenvalue weighted by Crippen LogP contribution is -2.50. The molecule has 0 spiro atoms. The number of hydrogen-bond donors (Lipinski definition) is 0. The summed E-state index contributed by atoms with van der Waals surface area (Å²) in [5, 5.41) is -0.365. The van der Waals surface area contributed by atoms with Gasteiger partial charge < -0.3 is 18.8 Å². The summed E-state index contributed by atoms with van der Waals surface area (Å²) >= 11 is 0. The number of esters is 1. The third-order valence-electron chi connectivity index (χ3n) is 4.93. The number of nitrogens with zero attached hydrogens (tertiary/aromatic N) is 2. The van der Waals surface area contributed by atoms with Crippen molar-refractivity contribution >= 4 is 21.9 Å². The Morgan fingerprint density at radius 1 is 1.09 bits per heavy atom. The fourth-order valence-electron chi connectivity index (χ4n) is 3.23. The molecule has 3 rings (SSSR count). The first-order chi connectivity index (χ1) is 15.7. The van der Waals surface area contributed by atoms with Crippen molar-refractivity contribution in [1.82, 2.24) is 9.21 Å². The molecule has 1 aliphatic rings. The van der Waals surface area contributed by atoms with Crippen LogP contribution in [0.2, 0.25) is 0 Å². The molecule has 1 saturated heterocycles. The first kappa shape index (κ1) is 24.6. The van der Waals surface area contributed by atoms with E-state index in [0.29, 0.717) is 12.5 Å². The van der Waals surface area contributed by atoms with Gasteiger partial charge >= 0.3 is 5.97 Å². The summed E-state index contributed by atoms with van der Waals surface area (Å²) in [6, 6.07) is 5.42. The molecule has 0 unspecified atom stereocenters. The highest BCUT2D eigenvalue weighted by atomic mass is 32.2. The number of benzene rings is 1. The fourth-order valence-corrected chi connectivity index (χ4v) is 4.57. The van der Waals surface area contributed by atoms with Crippen molar-refractivity contribution in [3.05, 3.63) is 47.7 Å². The maximum Gasteiger partial charge on any atom is 0.374 e. The number of sulfonamides is 1. The number of amides is 1. The maximum absolute atomic E-state index is 13.5. The average Bonchev–Trinajstić information content (AvgIpc) is 3.29. The third kappa shape index (κ3) is 6.08. The number of halogens is 2. The summed E-state index contributed by atoms with van der Waals surface area (Å²) < 4.78 is 68.3. The molecule has 0 saturated carbocycles. The van der Waals surface area contributed by atoms with E-state index in [4.69, 9.17) is 13.9 Å². The van der Waals surface area contributed by atoms with Crippen molar-refractivity contribution in [3.63, 3.8) is 0 Å². The monoisotopic (exact) mass is 486 g/mol. The minimum Gasteiger partial charge on any atom is -0.491 e. The summed E-state index contributed by atoms with van der Waals surface area (Å²) in [6.07, 6.45) is 0.452. The molecule has 0 N–H and O–H groups in total. The van der Waals surface area contributed by atoms with Crippen molar-refractivity contribution in [1.29, 1.82) is 0 Å². The van der Waals surface area contributed by atoms with Crippen LogP contribution in [0.4, 0.5) is 8.78 Å². The number of carbonyl (C=O) groups excluding carboxylic acids is 2. The highest BCUT2D eigenvalue weighted by Crippen LogP contribution is 2.21. The Hall–Kier alpha value is -2.99. The summed E-state index contributed by atoms with van der Waals surface area (Å²) in [6.45, 7) is 2.35. The quantitative estimate of drug-likeness (QED) is 0.396. The van der Waals surface area contributed by atoms with E-state index in [0.717, 1.165) is 6.07 Å². The van der Waals surface area contributed by atoms with Gasteiger partial charge in [-0.05, 0) is 37.6 Å². The Morgan fingerprint density at radius 2 is 1.82 bits per heavy atom. The Labute approximate surface area is 189 Å². The van der Waals surface area contributed by atoms with Crippen LogP contribution in [0.25, 0.3) is 0 Å². The van der Waals surface area contributed by atoms with Crippen molar-refractivity contribution < 1.29 is 40.7 Å². The summed E-state index contributed by atoms with van der Waals surface area (Å²) in [5.41, 5.74) is 0. The Morgan fingerprint density at radius 3 is 2.48 bits per heavy atom. The summed E-state index contributed by atoms with van der Waals surface area (Å²) in [4.78, 5) is 25.6. The van der Waals surface area contributed by atoms with Crippen LogP contribution in [-0.4, -0.2) is 68.9 Å². The molecule has 0 aliphatic carbocycles. The molecule has 2 heterocycles. The van der Waals surface area contributed by atoms with Gasteiger partial charge in [-0.1, -0.05) is 0 Å². The molecule has 180 valence electrons. The van der Waals surface area contributed by atoms with Gasteiger partial charge in [-0.2, -0.15) is 4.31 Å². The number of rotatable bonds is 9. The fraction of sp³-hybridized carbons (Fsp3) is 0.429. The number of ether oxygens (including phenoxy) is 2. The van der Waals surface area contributed by atoms with Crippen molar-refractivity contribution in [2.24, 2.45) is 0 Å². The topological polar surface area (TPSA) is 106 Å². The molecule has 1 fully saturated rings. The molecular formula is C21H24F2N2O7S. The van der Waals surface area contributed by atoms with Gasteiger partial charge in [0.1, 0.15) is 5.82 Å². The second-order valence-corrected chi connectivity index (χ2v) is 9.02. The molecule has 1 amide bonds. The third-order valence-corrected chi connectivity index (χ3v) is 6.70. The van der Waals surface area contributed by atoms with E-state index in [9.17, 15) is 26.8 Å². The number of piperazine rings is 1. The average molecular weight is 486 g/mol. The molecule has 33 heavy (non-hydrogen) atoms. The zero-order valence-corrected chi connectivity index (χ0v) is 18.8. The molecule has 9 nitrogen and oxygen atoms in total. The van der Waals surface area contributed by atoms with Gasteiger partial charge in [0.05, 0.1) is 13.2 Å². The van der Waals surface area contributed by atoms with E-state index < -0.39 is 27.6 Å². The number of hydrogen-bond acceptors (Lipinski definition) is 7. The van der Waals surface area contributed by atoms with Crippen molar-refractivity contribution in [2.75, 3.05) is 39.4 Å². The van der Waals surface area contributed by atoms with Gasteiger partial charge in [-0.15, -0.1) is 0 Å². The molecule has 1 aromatic heterocycles. The molecule has 1 aromatic carbocycles. The van der Waals surface area contributed by atoms with Crippen molar-refractivity contribution in [2.45, 2.75) is 24.9 Å². The van der Waals surface area contributed by atoms with E-state index >= 15 is 0 Å². The van der Waals surface area contributed by atoms with Crippen LogP contribution in [0.5, 0.6) is 5.75 Å². The predicted octanol–water partition coefficient (Wildman–Crippen LogP) is 2.43. The first-order valence-electron chi connectivity index (χ1n) is 10.3. The normalized spacial score (nSPS) is 14.8. The van der Waals surface area contributed by atoms with Crippen LogP contribution in [0.1, 0.15) is 30.3 Å². The first-order valence-corrected chi connectivity index (χ1v) is 11.8. The second-order valence-electron chi connectivity index (χ2n) is 7.15. The van der Waals surface area contributed by atoms with Crippen molar-refractivity contribution in [3.8, 4) is 5.75 Å². The second kappa shape index (κ2) is 10.8. The lowest BCUT2D eigenvalue weighted by atomic mass is 10.2. The molecule has 2 aromatic rings. The number of furan rings is 1. The Bertz CT molecular complexity index is 1100. The largest absolute Gasteiger partial charge is 0.491 e. The molecule has 0 radical (unpaired) electrons. The highest BCUT2D eigenvalue weighted by molar-refractivity contribution is 7.89. The van der Waals surface area contributed by atoms with Gasteiger partial charge in [0, 0.05) is 38.7 Å². The van der Waals surface area contributed by atoms with Gasteiger partial charge in [-0.25, -0.2) is 22.0 Å². The van der Waals surface area contributed by atoms with Crippen LogP contribution in [-0.2, 0) is 19.6 Å². The van der Waals surface area contributed by atoms with E-state index in [2.05, 4.69) is 0 Å². The van der Waals surface area contributed by atoms with Crippen LogP contribution < -0.4 is 4.74 Å². The molecule has 12 heteroatoms. The standard InChI is InChI=1S/C21H24F2N2O7S/c1-2-30-21(27)18-7-8-20(32-18)33(28,29)25-11-9-24(10-12-25)19(26)4-3-13-31-17-6-5-15(22)14-16(17)23/h5-8,14H,2-4,9-13H2,1H3. The van der Waals surface area contributed by atoms with E-state index in [1.165, 1.54) is 27.4 Å². The molecule has 1 aliphatic heterocycles. The van der Waals surface area contributed by atoms with Gasteiger partial charge in [0.25, 0.3) is 10.0 Å². The maximum atomic E-state index is 13.5. The SMILES string of the molecule is CCOC(=O)c1ccc(S(=O)(=O)N2CCN(C(=O)CCCOc3ccc(F)cc3F)CC2)o1. The lowest BCUT2D eigenvalue weighted by Gasteiger charge is -2.33. The molecule has 0 bridgehead atoms. The van der Waals surface area contributed by atoms with Crippen LogP contribution in [0.15, 0.2) is 39.8 Å². The van der Waals surface area contributed by atoms with Crippen LogP contribution in [0.3, 0.4) is 0 Å². The summed E-state index contributed by atoms with van der Waals surface area (Å²) in [7, 11) is -3.96. The zero-order valence-electron chi connectivity index (χ0n) is 18.0. The van der Waals surface area contributed by atoms with E-state index in [-0.39, 0.29) is 68.3 Å². The van der Waals surface area contributed by atoms with E-state index in [1.54, 1.807) is 6.92 Å². The van der Waals surface area contributed by atoms with Gasteiger partial charge in [0.2, 0.25) is 16.8 Å². The highest BCUT2D eigenvalue weighted by Gasteiger charge is 2.32. The Balaban J connectivity index is 1.45. The summed E-state index contributed by atoms with van der Waals surface area (Å²) in [5.74, 6) is -2.75. The van der Waals surface area contributed by atoms with Gasteiger partial charge in [0.15, 0.2) is 11.6 Å². The predicted molar refractivity (Wildman–Crippen MR) is 111 cm³/mol. The lowest BCUT2D eigenvalue weighted by molar-refractivity contribution is -0.132. The van der Waals surface area contributed by atoms with Crippen LogP contribution >= 0.6 is 0 Å². The van der Waals surface area contributed by atoms with E-state index in [1.807, 2.05) is 0 Å². The minimum atomic E-state index is -3.96. The Kier molecular flexibility index (Phi) is 8.03. The molecule has 0 atom stereocenters. The smallest absolute Gasteiger partial charge is 0.374 e.